The summed E-state index contributed by atoms with van der Waals surface area (Å²) < 4.78 is 21.6. The predicted molar refractivity (Wildman–Crippen MR) is 132 cm³/mol. The molecule has 0 amide bonds. The number of rotatable bonds is 23. The van der Waals surface area contributed by atoms with Crippen molar-refractivity contribution in [3.05, 3.63) is 0 Å². The second kappa shape index (κ2) is 20.3. The maximum absolute atomic E-state index is 11.7. The Bertz CT molecular complexity index is 413. The summed E-state index contributed by atoms with van der Waals surface area (Å²) in [4.78, 5) is 11.7. The van der Waals surface area contributed by atoms with Crippen LogP contribution in [0.5, 0.6) is 0 Å². The van der Waals surface area contributed by atoms with Gasteiger partial charge in [0, 0.05) is 0 Å². The van der Waals surface area contributed by atoms with Gasteiger partial charge in [-0.05, 0) is 0 Å². The monoisotopic (exact) mass is 510 g/mol. The van der Waals surface area contributed by atoms with Gasteiger partial charge in [-0.25, -0.2) is 0 Å². The Balaban J connectivity index is 3.29. The van der Waals surface area contributed by atoms with Crippen molar-refractivity contribution < 1.29 is 18.5 Å². The number of hydrogen-bond acceptors (Lipinski definition) is 4. The topological polar surface area (TPSA) is 58.6 Å². The molecule has 1 unspecified atom stereocenters. The summed E-state index contributed by atoms with van der Waals surface area (Å²) in [6.45, 7) is 2.79. The average Bonchev–Trinajstić information content (AvgIpc) is 2.67. The molecule has 0 saturated carbocycles. The fourth-order valence-electron chi connectivity index (χ4n) is 3.58. The quantitative estimate of drug-likeness (QED) is 0.0786. The van der Waals surface area contributed by atoms with E-state index in [0.717, 1.165) is 24.5 Å². The Labute approximate surface area is 191 Å². The van der Waals surface area contributed by atoms with Crippen LogP contribution in [0.2, 0.25) is 22.3 Å². The van der Waals surface area contributed by atoms with Crippen LogP contribution in [0.4, 0.5) is 0 Å². The van der Waals surface area contributed by atoms with Crippen LogP contribution in [-0.2, 0) is 13.6 Å². The zero-order valence-corrected chi connectivity index (χ0v) is 23.4. The summed E-state index contributed by atoms with van der Waals surface area (Å²) in [6.07, 6.45) is 21.7. The van der Waals surface area contributed by atoms with Gasteiger partial charge in [0.25, 0.3) is 0 Å². The van der Waals surface area contributed by atoms with Crippen molar-refractivity contribution in [2.75, 3.05) is 13.2 Å². The molecule has 0 N–H and O–H groups in total. The van der Waals surface area contributed by atoms with E-state index in [1.54, 1.807) is 0 Å². The van der Waals surface area contributed by atoms with Gasteiger partial charge in [0.2, 0.25) is 0 Å². The molecular formula is C24H52AsO4P-. The molecular weight excluding hydrogens is 458 g/mol. The van der Waals surface area contributed by atoms with Crippen LogP contribution in [0.25, 0.3) is 0 Å². The van der Waals surface area contributed by atoms with E-state index in [1.807, 2.05) is 0 Å². The van der Waals surface area contributed by atoms with Gasteiger partial charge in [-0.2, -0.15) is 0 Å². The molecule has 0 aliphatic carbocycles. The SMILES string of the molecule is CCCCCCCCCCCCCCCCCCOP(=O)([O-])OCCC[As](C)(C)C. The molecule has 0 rings (SSSR count). The van der Waals surface area contributed by atoms with E-state index in [1.165, 1.54) is 89.9 Å². The molecule has 0 aromatic heterocycles. The van der Waals surface area contributed by atoms with Crippen LogP contribution in [0.15, 0.2) is 0 Å². The molecule has 0 aliphatic rings. The summed E-state index contributed by atoms with van der Waals surface area (Å²) in [6, 6.07) is 0. The molecule has 0 fully saturated rings. The second-order valence-electron chi connectivity index (χ2n) is 9.78. The molecule has 0 aromatic carbocycles. The van der Waals surface area contributed by atoms with E-state index in [2.05, 4.69) is 24.1 Å². The van der Waals surface area contributed by atoms with Crippen molar-refractivity contribution in [1.82, 2.24) is 0 Å². The van der Waals surface area contributed by atoms with Gasteiger partial charge in [0.05, 0.1) is 0 Å². The molecule has 0 spiro atoms. The van der Waals surface area contributed by atoms with E-state index >= 15 is 0 Å². The predicted octanol–water partition coefficient (Wildman–Crippen LogP) is 8.48. The van der Waals surface area contributed by atoms with Gasteiger partial charge in [-0.15, -0.1) is 0 Å². The van der Waals surface area contributed by atoms with Crippen LogP contribution in [0, 0.1) is 0 Å². The van der Waals surface area contributed by atoms with E-state index in [9.17, 15) is 9.46 Å². The van der Waals surface area contributed by atoms with Crippen LogP contribution in [-0.4, -0.2) is 26.8 Å². The number of hydrogen-bond donors (Lipinski definition) is 0. The molecule has 0 aromatic rings. The van der Waals surface area contributed by atoms with Crippen molar-refractivity contribution in [3.63, 3.8) is 0 Å². The van der Waals surface area contributed by atoms with Crippen LogP contribution < -0.4 is 4.89 Å². The van der Waals surface area contributed by atoms with Crippen molar-refractivity contribution >= 4 is 21.4 Å². The molecule has 0 bridgehead atoms. The third-order valence-electron chi connectivity index (χ3n) is 5.47. The first-order chi connectivity index (χ1) is 14.3. The fourth-order valence-corrected chi connectivity index (χ4v) is 6.62. The Morgan fingerprint density at radius 1 is 0.600 bits per heavy atom. The standard InChI is InChI=1S/C24H53AsO4P/c1-5-6-7-8-9-10-11-12-13-14-15-16-17-18-19-20-23-28-30(26,27)29-24-21-22-25(2,3)4/h5-24H2,1-4H3,(H,26,27)/p-1. The Kier molecular flexibility index (Phi) is 20.7. The van der Waals surface area contributed by atoms with E-state index < -0.39 is 21.4 Å². The van der Waals surface area contributed by atoms with Crippen molar-refractivity contribution in [2.45, 2.75) is 138 Å². The summed E-state index contributed by atoms with van der Waals surface area (Å²) in [5.74, 6) is 0. The van der Waals surface area contributed by atoms with Crippen molar-refractivity contribution in [3.8, 4) is 0 Å². The Morgan fingerprint density at radius 3 is 1.30 bits per heavy atom. The average molecular weight is 511 g/mol. The van der Waals surface area contributed by atoms with Gasteiger partial charge < -0.3 is 0 Å². The minimum absolute atomic E-state index is 0.259. The molecule has 183 valence electrons. The summed E-state index contributed by atoms with van der Waals surface area (Å²) in [5.41, 5.74) is 6.93. The third-order valence-corrected chi connectivity index (χ3v) is 9.95. The first-order valence-corrected chi connectivity index (χ1v) is 21.1. The third kappa shape index (κ3) is 24.9. The molecule has 0 saturated heterocycles. The van der Waals surface area contributed by atoms with E-state index in [-0.39, 0.29) is 13.2 Å². The zero-order chi connectivity index (χ0) is 22.6. The minimum atomic E-state index is -4.10. The van der Waals surface area contributed by atoms with Gasteiger partial charge in [-0.1, -0.05) is 77.6 Å². The number of phosphoric ester groups is 1. The first kappa shape index (κ1) is 30.7. The van der Waals surface area contributed by atoms with E-state index in [4.69, 9.17) is 9.05 Å². The Hall–Kier alpha value is 0.668. The van der Waals surface area contributed by atoms with Crippen LogP contribution in [0.3, 0.4) is 0 Å². The van der Waals surface area contributed by atoms with Gasteiger partial charge >= 0.3 is 114 Å². The number of phosphoric acid groups is 1. The van der Waals surface area contributed by atoms with Crippen molar-refractivity contribution in [1.29, 1.82) is 0 Å². The van der Waals surface area contributed by atoms with Gasteiger partial charge in [0.1, 0.15) is 0 Å². The molecule has 30 heavy (non-hydrogen) atoms. The normalized spacial score (nSPS) is 14.2. The van der Waals surface area contributed by atoms with Crippen molar-refractivity contribution in [2.24, 2.45) is 0 Å². The second-order valence-corrected chi connectivity index (χ2v) is 21.7. The molecule has 0 heterocycles. The molecule has 1 radical (unpaired) electrons. The summed E-state index contributed by atoms with van der Waals surface area (Å²) in [7, 11) is -4.10. The van der Waals surface area contributed by atoms with Crippen LogP contribution >= 0.6 is 7.82 Å². The maximum atomic E-state index is 11.7. The Morgan fingerprint density at radius 2 is 0.933 bits per heavy atom. The first-order valence-electron chi connectivity index (χ1n) is 12.7. The molecule has 6 heteroatoms. The van der Waals surface area contributed by atoms with Crippen LogP contribution in [0.1, 0.15) is 116 Å². The molecule has 1 atom stereocenters. The summed E-state index contributed by atoms with van der Waals surface area (Å²) in [5, 5.41) is 1.11. The zero-order valence-electron chi connectivity index (χ0n) is 20.7. The molecule has 0 aliphatic heterocycles. The van der Waals surface area contributed by atoms with Gasteiger partial charge in [-0.3, -0.25) is 0 Å². The van der Waals surface area contributed by atoms with Gasteiger partial charge in [0.15, 0.2) is 0 Å². The molecule has 4 nitrogen and oxygen atoms in total. The fraction of sp³-hybridized carbons (Fsp3) is 1.00. The van der Waals surface area contributed by atoms with E-state index in [0.29, 0.717) is 0 Å². The summed E-state index contributed by atoms with van der Waals surface area (Å²) >= 11 is -1.45. The number of unbranched alkanes of at least 4 members (excludes halogenated alkanes) is 15.